The molecule has 580 valence electrons. The Morgan fingerprint density at radius 1 is 0.457 bits per heavy atom. The zero-order valence-electron chi connectivity index (χ0n) is 60.1. The van der Waals surface area contributed by atoms with Crippen LogP contribution in [0.1, 0.15) is 129 Å². The van der Waals surface area contributed by atoms with Gasteiger partial charge in [-0.2, -0.15) is 0 Å². The molecule has 3 rings (SSSR count). The van der Waals surface area contributed by atoms with E-state index >= 15 is 0 Å². The number of guanidine groups is 2. The van der Waals surface area contributed by atoms with Gasteiger partial charge in [-0.1, -0.05) is 78.6 Å². The van der Waals surface area contributed by atoms with E-state index in [1.54, 1.807) is 41.5 Å². The van der Waals surface area contributed by atoms with Gasteiger partial charge >= 0.3 is 0 Å². The second-order valence-corrected chi connectivity index (χ2v) is 26.1. The predicted octanol–water partition coefficient (Wildman–Crippen LogP) is -5.72. The molecule has 0 aliphatic carbocycles. The average Bonchev–Trinajstić information content (AvgIpc) is 1.71. The van der Waals surface area contributed by atoms with Gasteiger partial charge in [-0.25, -0.2) is 4.98 Å². The molecule has 0 fully saturated rings. The van der Waals surface area contributed by atoms with E-state index in [4.69, 9.17) is 45.9 Å². The molecule has 0 unspecified atom stereocenters. The summed E-state index contributed by atoms with van der Waals surface area (Å²) in [5.41, 5.74) is 46.6. The number of aliphatic hydroxyl groups excluding tert-OH is 1. The molecule has 1 aromatic heterocycles. The number of hydrogen-bond acceptors (Lipinski definition) is 20. The number of amides is 13. The third-order valence-corrected chi connectivity index (χ3v) is 16.9. The summed E-state index contributed by atoms with van der Waals surface area (Å²) in [5.74, 6) is -15.3. The second-order valence-electron chi connectivity index (χ2n) is 26.1. The van der Waals surface area contributed by atoms with Gasteiger partial charge in [-0.3, -0.25) is 72.3 Å². The van der Waals surface area contributed by atoms with E-state index in [0.29, 0.717) is 16.8 Å². The minimum atomic E-state index is -1.90. The Kier molecular flexibility index (Phi) is 37.2. The lowest BCUT2D eigenvalue weighted by molar-refractivity contribution is -0.138. The number of nitrogens with one attached hydrogen (secondary N) is 11. The fourth-order valence-corrected chi connectivity index (χ4v) is 10.6. The highest BCUT2D eigenvalue weighted by Crippen LogP contribution is 2.18. The van der Waals surface area contributed by atoms with E-state index in [0.717, 1.165) is 6.92 Å². The summed E-state index contributed by atoms with van der Waals surface area (Å²) in [6, 6.07) is -5.30. The van der Waals surface area contributed by atoms with Crippen molar-refractivity contribution in [3.8, 4) is 11.5 Å². The first-order valence-corrected chi connectivity index (χ1v) is 34.4. The number of nitrogens with zero attached hydrogens (tertiary/aromatic N) is 3. The maximum Gasteiger partial charge on any atom is 0.245 e. The van der Waals surface area contributed by atoms with Crippen molar-refractivity contribution in [2.45, 2.75) is 205 Å². The van der Waals surface area contributed by atoms with Crippen molar-refractivity contribution in [3.63, 3.8) is 0 Å². The van der Waals surface area contributed by atoms with Gasteiger partial charge in [0.2, 0.25) is 76.8 Å². The van der Waals surface area contributed by atoms with Crippen LogP contribution in [0.4, 0.5) is 0 Å². The van der Waals surface area contributed by atoms with E-state index in [9.17, 15) is 77.6 Å². The maximum absolute atomic E-state index is 14.6. The molecule has 3 aromatic rings. The smallest absolute Gasteiger partial charge is 0.245 e. The lowest BCUT2D eigenvalue weighted by Gasteiger charge is -2.31. The van der Waals surface area contributed by atoms with Crippen LogP contribution in [-0.4, -0.2) is 200 Å². The van der Waals surface area contributed by atoms with Crippen LogP contribution < -0.4 is 99.0 Å². The fraction of sp³-hybridized carbons (Fsp3) is 0.552. The van der Waals surface area contributed by atoms with Gasteiger partial charge in [0, 0.05) is 50.7 Å². The monoisotopic (exact) mass is 1470 g/mol. The molecule has 13 amide bonds. The van der Waals surface area contributed by atoms with Crippen LogP contribution in [0.5, 0.6) is 11.5 Å². The number of phenols is 2. The van der Waals surface area contributed by atoms with E-state index in [1.807, 2.05) is 0 Å². The van der Waals surface area contributed by atoms with Crippen LogP contribution in [0.3, 0.4) is 0 Å². The van der Waals surface area contributed by atoms with Gasteiger partial charge in [-0.15, -0.1) is 0 Å². The molecular weight excluding hydrogens is 1370 g/mol. The third kappa shape index (κ3) is 31.9. The molecule has 14 atom stereocenters. The lowest BCUT2D eigenvalue weighted by Crippen LogP contribution is -2.63. The highest BCUT2D eigenvalue weighted by molar-refractivity contribution is 6.00. The summed E-state index contributed by atoms with van der Waals surface area (Å²) in [5, 5.41) is 56.3. The van der Waals surface area contributed by atoms with Crippen molar-refractivity contribution in [3.05, 3.63) is 77.9 Å². The van der Waals surface area contributed by atoms with Gasteiger partial charge in [0.05, 0.1) is 24.9 Å². The van der Waals surface area contributed by atoms with Crippen LogP contribution in [0.25, 0.3) is 0 Å². The summed E-state index contributed by atoms with van der Waals surface area (Å²) >= 11 is 0. The molecule has 38 heteroatoms. The van der Waals surface area contributed by atoms with Crippen LogP contribution in [0, 0.1) is 17.8 Å². The van der Waals surface area contributed by atoms with Crippen molar-refractivity contribution in [2.24, 2.45) is 73.6 Å². The van der Waals surface area contributed by atoms with E-state index in [2.05, 4.69) is 73.1 Å². The number of nitrogens with two attached hydrogens (primary N) is 8. The Hall–Kier alpha value is -11.2. The molecule has 30 N–H and O–H groups in total. The Balaban J connectivity index is 1.94. The molecule has 0 aliphatic heterocycles. The van der Waals surface area contributed by atoms with Crippen LogP contribution in [-0.2, 0) is 81.6 Å². The molecule has 0 radical (unpaired) electrons. The number of carbonyl (C=O) groups is 13. The number of aliphatic imine (C=N–C) groups is 2. The van der Waals surface area contributed by atoms with E-state index in [-0.39, 0.29) is 107 Å². The maximum atomic E-state index is 14.6. The highest BCUT2D eigenvalue weighted by Gasteiger charge is 2.39. The number of aromatic hydroxyl groups is 2. The summed E-state index contributed by atoms with van der Waals surface area (Å²) < 4.78 is 0. The summed E-state index contributed by atoms with van der Waals surface area (Å²) in [6.07, 6.45) is -0.950. The lowest BCUT2D eigenvalue weighted by atomic mass is 9.95. The van der Waals surface area contributed by atoms with Gasteiger partial charge in [0.25, 0.3) is 0 Å². The first-order chi connectivity index (χ1) is 49.4. The number of aromatic amines is 1. The topological polar surface area (TPSA) is 664 Å². The minimum absolute atomic E-state index is 0.0217. The van der Waals surface area contributed by atoms with Crippen molar-refractivity contribution >= 4 is 88.7 Å². The molecule has 0 saturated heterocycles. The van der Waals surface area contributed by atoms with Gasteiger partial charge in [0.15, 0.2) is 11.9 Å². The van der Waals surface area contributed by atoms with Crippen LogP contribution in [0.2, 0.25) is 0 Å². The zero-order valence-corrected chi connectivity index (χ0v) is 60.1. The molecule has 0 bridgehead atoms. The first-order valence-electron chi connectivity index (χ1n) is 34.4. The van der Waals surface area contributed by atoms with Crippen molar-refractivity contribution in [1.82, 2.24) is 63.1 Å². The largest absolute Gasteiger partial charge is 0.508 e. The predicted molar refractivity (Wildman–Crippen MR) is 384 cm³/mol. The number of imidazole rings is 1. The Bertz CT molecular complexity index is 3460. The number of benzene rings is 2. The number of carbonyl (C=O) groups excluding carboxylic acids is 13. The third-order valence-electron chi connectivity index (χ3n) is 16.9. The molecule has 0 spiro atoms. The minimum Gasteiger partial charge on any atom is -0.508 e. The Labute approximate surface area is 607 Å². The normalized spacial score (nSPS) is 15.1. The van der Waals surface area contributed by atoms with E-state index < -0.39 is 180 Å². The van der Waals surface area contributed by atoms with Crippen LogP contribution in [0.15, 0.2) is 71.0 Å². The standard InChI is InChI=1S/C67H106N22O16/c1-8-34(5)52(87-62(102)48(28-38-16-20-41(92)21-17-38)84-56(96)42(68)29-39-31-76-32-79-39)63(103)86-49(30-51(70)94)60(100)85-47(26-33(3)4)61(101)88-53(35(6)9-2)64(104)89-54(36(7)90)65(105)82-44(13-11-25-78-67(74)75)57(97)81-45(22-23-50(69)93)59(99)80-43(12-10-24-77-66(72)73)58(98)83-46(55(71)95)27-37-14-18-40(91)19-15-37/h14-21,31-36,42-49,52-54,90-92H,8-13,22-30,68H2,1-7H3,(H2,69,93)(H2,70,94)(H2,71,95)(H,76,79)(H,80,99)(H,81,97)(H,82,105)(H,83,98)(H,84,96)(H,85,100)(H,86,103)(H,87,102)(H,88,101)(H,89,104)(H4,72,73,77)(H4,74,75,78)/t34-,35-,36+,42-,43-,44-,45-,46-,47-,48-,49-,52-,53-,54-/m0/s1. The first kappa shape index (κ1) is 88.0. The number of H-pyrrole nitrogens is 1. The Morgan fingerprint density at radius 3 is 1.26 bits per heavy atom. The van der Waals surface area contributed by atoms with Gasteiger partial charge in [-0.05, 0) is 98.6 Å². The number of aromatic nitrogens is 2. The molecule has 38 nitrogen and oxygen atoms in total. The second kappa shape index (κ2) is 44.4. The highest BCUT2D eigenvalue weighted by atomic mass is 16.3. The number of primary amides is 3. The number of aliphatic hydroxyl groups is 1. The molecule has 105 heavy (non-hydrogen) atoms. The van der Waals surface area contributed by atoms with Crippen LogP contribution >= 0.6 is 0 Å². The van der Waals surface area contributed by atoms with Crippen molar-refractivity contribution in [1.29, 1.82) is 0 Å². The van der Waals surface area contributed by atoms with Gasteiger partial charge < -0.3 is 119 Å². The SMILES string of the molecule is CC[C@H](C)[C@H](NC(=O)[C@H](Cc1ccc(O)cc1)NC(=O)[C@@H](N)Cc1cnc[nH]1)C(=O)N[C@@H](CC(N)=O)C(=O)N[C@@H](CC(C)C)C(=O)N[C@H](C(=O)N[C@H](C(=O)N[C@@H](CCCN=C(N)N)C(=O)N[C@@H](CCC(N)=O)C(=O)N[C@@H](CCCN=C(N)N)C(=O)N[C@@H](Cc1ccc(O)cc1)C(N)=O)[C@@H](C)O)[C@@H](C)CC. The number of phenolic OH excluding ortho intramolecular Hbond substituents is 2. The summed E-state index contributed by atoms with van der Waals surface area (Å²) in [6.45, 7) is 11.0. The average molecular weight is 1480 g/mol. The number of rotatable bonds is 47. The zero-order chi connectivity index (χ0) is 78.8. The van der Waals surface area contributed by atoms with Crippen molar-refractivity contribution in [2.75, 3.05) is 13.1 Å². The van der Waals surface area contributed by atoms with Gasteiger partial charge in [0.1, 0.15) is 71.9 Å². The summed E-state index contributed by atoms with van der Waals surface area (Å²) in [4.78, 5) is 195. The molecule has 2 aromatic carbocycles. The molecular formula is C67H106N22O16. The fourth-order valence-electron chi connectivity index (χ4n) is 10.6. The van der Waals surface area contributed by atoms with E-state index in [1.165, 1.54) is 61.1 Å². The van der Waals surface area contributed by atoms with Crippen molar-refractivity contribution < 1.29 is 77.6 Å². The quantitative estimate of drug-likeness (QED) is 0.0142. The molecule has 0 saturated carbocycles. The Morgan fingerprint density at radius 2 is 0.838 bits per heavy atom. The molecule has 0 aliphatic rings. The number of hydrogen-bond donors (Lipinski definition) is 22. The molecule has 1 heterocycles. The summed E-state index contributed by atoms with van der Waals surface area (Å²) in [7, 11) is 0.